The molecule has 3 saturated heterocycles. The molecule has 130 valence electrons. The Labute approximate surface area is 138 Å². The summed E-state index contributed by atoms with van der Waals surface area (Å²) in [5, 5.41) is 0. The van der Waals surface area contributed by atoms with Gasteiger partial charge in [0, 0.05) is 53.3 Å². The fourth-order valence-electron chi connectivity index (χ4n) is 4.17. The molecule has 3 aliphatic heterocycles. The van der Waals surface area contributed by atoms with Crippen LogP contribution in [0.3, 0.4) is 0 Å². The third-order valence-electron chi connectivity index (χ3n) is 5.67. The number of piperidine rings is 2. The van der Waals surface area contributed by atoms with E-state index in [1.165, 1.54) is 0 Å². The summed E-state index contributed by atoms with van der Waals surface area (Å²) in [7, 11) is 3.60. The molecule has 1 spiro atoms. The van der Waals surface area contributed by atoms with Crippen molar-refractivity contribution in [2.24, 2.45) is 5.41 Å². The highest BCUT2D eigenvalue weighted by Gasteiger charge is 2.42. The Bertz CT molecular complexity index is 452. The van der Waals surface area contributed by atoms with Crippen molar-refractivity contribution in [1.29, 1.82) is 0 Å². The van der Waals surface area contributed by atoms with Gasteiger partial charge in [0.1, 0.15) is 0 Å². The van der Waals surface area contributed by atoms with Gasteiger partial charge in [0.25, 0.3) is 0 Å². The number of amides is 3. The molecular weight excluding hydrogens is 294 g/mol. The van der Waals surface area contributed by atoms with Crippen molar-refractivity contribution < 1.29 is 14.3 Å². The number of rotatable bonds is 2. The zero-order valence-electron chi connectivity index (χ0n) is 14.4. The number of carbonyl (C=O) groups excluding carboxylic acids is 2. The van der Waals surface area contributed by atoms with E-state index in [-0.39, 0.29) is 23.5 Å². The van der Waals surface area contributed by atoms with Gasteiger partial charge in [-0.3, -0.25) is 4.79 Å². The number of urea groups is 1. The molecule has 3 aliphatic rings. The average molecular weight is 323 g/mol. The van der Waals surface area contributed by atoms with Crippen molar-refractivity contribution in [3.63, 3.8) is 0 Å². The first-order valence-corrected chi connectivity index (χ1v) is 8.85. The third kappa shape index (κ3) is 3.62. The van der Waals surface area contributed by atoms with Crippen LogP contribution < -0.4 is 0 Å². The second kappa shape index (κ2) is 6.67. The standard InChI is InChI=1S/C17H29N3O3/c1-18(2)16(22)19-9-7-17(8-10-19)6-5-15(21)20(13-17)12-14-4-3-11-23-14/h14H,3-13H2,1-2H3. The molecule has 3 heterocycles. The summed E-state index contributed by atoms with van der Waals surface area (Å²) in [4.78, 5) is 30.0. The van der Waals surface area contributed by atoms with Crippen LogP contribution in [-0.2, 0) is 9.53 Å². The lowest BCUT2D eigenvalue weighted by molar-refractivity contribution is -0.140. The molecule has 0 N–H and O–H groups in total. The maximum absolute atomic E-state index is 12.3. The highest BCUT2D eigenvalue weighted by atomic mass is 16.5. The smallest absolute Gasteiger partial charge is 0.319 e. The number of ether oxygens (including phenoxy) is 1. The largest absolute Gasteiger partial charge is 0.376 e. The lowest BCUT2D eigenvalue weighted by Gasteiger charge is -2.48. The summed E-state index contributed by atoms with van der Waals surface area (Å²) in [6, 6.07) is 0.1000. The first-order valence-electron chi connectivity index (χ1n) is 8.85. The molecule has 1 unspecified atom stereocenters. The van der Waals surface area contributed by atoms with Crippen LogP contribution in [0.5, 0.6) is 0 Å². The second-order valence-corrected chi connectivity index (χ2v) is 7.57. The summed E-state index contributed by atoms with van der Waals surface area (Å²) in [6.45, 7) is 4.04. The molecule has 0 bridgehead atoms. The molecule has 0 aromatic heterocycles. The number of likely N-dealkylation sites (tertiary alicyclic amines) is 2. The van der Waals surface area contributed by atoms with Gasteiger partial charge in [0.2, 0.25) is 5.91 Å². The van der Waals surface area contributed by atoms with E-state index in [2.05, 4.69) is 0 Å². The first kappa shape index (κ1) is 16.6. The Morgan fingerprint density at radius 1 is 1.30 bits per heavy atom. The molecule has 23 heavy (non-hydrogen) atoms. The van der Waals surface area contributed by atoms with Crippen LogP contribution in [0, 0.1) is 5.41 Å². The monoisotopic (exact) mass is 323 g/mol. The van der Waals surface area contributed by atoms with E-state index < -0.39 is 0 Å². The van der Waals surface area contributed by atoms with Crippen molar-refractivity contribution in [3.05, 3.63) is 0 Å². The van der Waals surface area contributed by atoms with Crippen molar-refractivity contribution in [2.75, 3.05) is 46.9 Å². The molecular formula is C17H29N3O3. The Hall–Kier alpha value is -1.30. The number of hydrogen-bond acceptors (Lipinski definition) is 3. The van der Waals surface area contributed by atoms with E-state index in [4.69, 9.17) is 4.74 Å². The topological polar surface area (TPSA) is 53.1 Å². The lowest BCUT2D eigenvalue weighted by Crippen LogP contribution is -2.54. The SMILES string of the molecule is CN(C)C(=O)N1CCC2(CCC(=O)N(CC3CCCO3)C2)CC1. The zero-order chi connectivity index (χ0) is 16.4. The normalized spacial score (nSPS) is 27.6. The van der Waals surface area contributed by atoms with E-state index >= 15 is 0 Å². The van der Waals surface area contributed by atoms with Gasteiger partial charge in [-0.15, -0.1) is 0 Å². The molecule has 3 amide bonds. The third-order valence-corrected chi connectivity index (χ3v) is 5.67. The van der Waals surface area contributed by atoms with Crippen LogP contribution in [-0.4, -0.2) is 79.6 Å². The quantitative estimate of drug-likeness (QED) is 0.775. The molecule has 0 aromatic rings. The Kier molecular flexibility index (Phi) is 4.80. The van der Waals surface area contributed by atoms with Crippen molar-refractivity contribution in [2.45, 2.75) is 44.6 Å². The maximum atomic E-state index is 12.3. The summed E-state index contributed by atoms with van der Waals surface area (Å²) < 4.78 is 5.70. The van der Waals surface area contributed by atoms with Crippen molar-refractivity contribution in [1.82, 2.24) is 14.7 Å². The predicted molar refractivity (Wildman–Crippen MR) is 87.1 cm³/mol. The highest BCUT2D eigenvalue weighted by molar-refractivity contribution is 5.77. The molecule has 6 heteroatoms. The molecule has 0 radical (unpaired) electrons. The van der Waals surface area contributed by atoms with Gasteiger partial charge in [-0.25, -0.2) is 4.79 Å². The van der Waals surface area contributed by atoms with Crippen LogP contribution in [0.2, 0.25) is 0 Å². The van der Waals surface area contributed by atoms with Crippen LogP contribution in [0.4, 0.5) is 4.79 Å². The Balaban J connectivity index is 1.57. The highest BCUT2D eigenvalue weighted by Crippen LogP contribution is 2.40. The summed E-state index contributed by atoms with van der Waals surface area (Å²) >= 11 is 0. The van der Waals surface area contributed by atoms with Gasteiger partial charge >= 0.3 is 6.03 Å². The summed E-state index contributed by atoms with van der Waals surface area (Å²) in [6.07, 6.45) is 6.03. The van der Waals surface area contributed by atoms with Gasteiger partial charge in [-0.05, 0) is 37.5 Å². The van der Waals surface area contributed by atoms with E-state index in [9.17, 15) is 9.59 Å². The lowest BCUT2D eigenvalue weighted by atomic mass is 9.72. The fraction of sp³-hybridized carbons (Fsp3) is 0.882. The van der Waals surface area contributed by atoms with Gasteiger partial charge in [-0.1, -0.05) is 0 Å². The molecule has 0 saturated carbocycles. The molecule has 3 fully saturated rings. The zero-order valence-corrected chi connectivity index (χ0v) is 14.4. The minimum absolute atomic E-state index is 0.1000. The second-order valence-electron chi connectivity index (χ2n) is 7.57. The first-order chi connectivity index (χ1) is 11.0. The Morgan fingerprint density at radius 2 is 2.04 bits per heavy atom. The van der Waals surface area contributed by atoms with Gasteiger partial charge < -0.3 is 19.4 Å². The summed E-state index contributed by atoms with van der Waals surface area (Å²) in [5.41, 5.74) is 0.204. The number of nitrogens with zero attached hydrogens (tertiary/aromatic N) is 3. The molecule has 0 aromatic carbocycles. The molecule has 3 rings (SSSR count). The van der Waals surface area contributed by atoms with E-state index in [1.54, 1.807) is 19.0 Å². The van der Waals surface area contributed by atoms with Crippen LogP contribution in [0.25, 0.3) is 0 Å². The van der Waals surface area contributed by atoms with E-state index in [0.29, 0.717) is 6.42 Å². The number of hydrogen-bond donors (Lipinski definition) is 0. The predicted octanol–water partition coefficient (Wildman–Crippen LogP) is 1.55. The van der Waals surface area contributed by atoms with Gasteiger partial charge in [0.15, 0.2) is 0 Å². The minimum atomic E-state index is 0.1000. The van der Waals surface area contributed by atoms with Crippen LogP contribution >= 0.6 is 0 Å². The van der Waals surface area contributed by atoms with Crippen LogP contribution in [0.1, 0.15) is 38.5 Å². The Morgan fingerprint density at radius 3 is 2.65 bits per heavy atom. The average Bonchev–Trinajstić information content (AvgIpc) is 3.04. The number of carbonyl (C=O) groups is 2. The maximum Gasteiger partial charge on any atom is 0.319 e. The van der Waals surface area contributed by atoms with Crippen LogP contribution in [0.15, 0.2) is 0 Å². The summed E-state index contributed by atoms with van der Waals surface area (Å²) in [5.74, 6) is 0.276. The van der Waals surface area contributed by atoms with Gasteiger partial charge in [-0.2, -0.15) is 0 Å². The fourth-order valence-corrected chi connectivity index (χ4v) is 4.17. The molecule has 6 nitrogen and oxygen atoms in total. The molecule has 1 atom stereocenters. The van der Waals surface area contributed by atoms with Crippen molar-refractivity contribution in [3.8, 4) is 0 Å². The molecule has 0 aliphatic carbocycles. The van der Waals surface area contributed by atoms with Crippen molar-refractivity contribution >= 4 is 11.9 Å². The van der Waals surface area contributed by atoms with E-state index in [0.717, 1.165) is 64.9 Å². The minimum Gasteiger partial charge on any atom is -0.376 e. The van der Waals surface area contributed by atoms with E-state index in [1.807, 2.05) is 9.80 Å². The van der Waals surface area contributed by atoms with Gasteiger partial charge in [0.05, 0.1) is 6.10 Å².